The van der Waals surface area contributed by atoms with Crippen molar-refractivity contribution in [2.45, 2.75) is 0 Å². The van der Waals surface area contributed by atoms with Gasteiger partial charge >= 0.3 is 0 Å². The maximum Gasteiger partial charge on any atom is 0.0471 e. The third-order valence-electron chi connectivity index (χ3n) is 6.79. The van der Waals surface area contributed by atoms with Crippen LogP contribution in [0.4, 0.5) is 0 Å². The van der Waals surface area contributed by atoms with Gasteiger partial charge in [-0.05, 0) is 45.8 Å². The van der Waals surface area contributed by atoms with Crippen molar-refractivity contribution in [3.8, 4) is 0 Å². The molecule has 2 nitrogen and oxygen atoms in total. The zero-order valence-corrected chi connectivity index (χ0v) is 18.5. The van der Waals surface area contributed by atoms with E-state index in [2.05, 4.69) is 131 Å². The Kier molecular flexibility index (Phi) is 4.18. The van der Waals surface area contributed by atoms with Crippen molar-refractivity contribution in [3.63, 3.8) is 0 Å². The average Bonchev–Trinajstić information content (AvgIpc) is 3.48. The molecule has 0 unspecified atom stereocenters. The van der Waals surface area contributed by atoms with Crippen LogP contribution in [-0.2, 0) is 0 Å². The summed E-state index contributed by atoms with van der Waals surface area (Å²) in [5.74, 6) is 0. The summed E-state index contributed by atoms with van der Waals surface area (Å²) in [4.78, 5) is 6.94. The maximum atomic E-state index is 3.56. The normalized spacial score (nSPS) is 11.5. The molecule has 8 aromatic rings. The number of fused-ring (bicyclic) bond motifs is 10. The van der Waals surface area contributed by atoms with E-state index >= 15 is 0 Å². The van der Waals surface area contributed by atoms with Crippen LogP contribution in [0.2, 0.25) is 0 Å². The third kappa shape index (κ3) is 2.89. The Hall–Kier alpha value is -4.56. The largest absolute Gasteiger partial charge is 0.355 e. The van der Waals surface area contributed by atoms with Crippen molar-refractivity contribution in [2.75, 3.05) is 0 Å². The molecule has 0 amide bonds. The van der Waals surface area contributed by atoms with Crippen molar-refractivity contribution in [1.29, 1.82) is 0 Å². The molecule has 2 N–H and O–H groups in total. The van der Waals surface area contributed by atoms with Gasteiger partial charge < -0.3 is 9.97 Å². The fourth-order valence-electron chi connectivity index (χ4n) is 5.23. The Bertz CT molecular complexity index is 1830. The van der Waals surface area contributed by atoms with Crippen LogP contribution >= 0.6 is 0 Å². The lowest BCUT2D eigenvalue weighted by Gasteiger charge is -2.02. The SMILES string of the molecule is c1ccc2c(c1)[nH]c1ccccc12.c1ccc2c(c1)ccc1[nH]c3ccc4ccccc4c3c12. The molecule has 34 heavy (non-hydrogen) atoms. The minimum Gasteiger partial charge on any atom is -0.355 e. The van der Waals surface area contributed by atoms with Crippen LogP contribution < -0.4 is 0 Å². The van der Waals surface area contributed by atoms with Gasteiger partial charge in [-0.15, -0.1) is 0 Å². The molecule has 6 aromatic carbocycles. The topological polar surface area (TPSA) is 31.6 Å². The van der Waals surface area contributed by atoms with Gasteiger partial charge in [0.1, 0.15) is 0 Å². The van der Waals surface area contributed by atoms with Crippen molar-refractivity contribution >= 4 is 65.2 Å². The van der Waals surface area contributed by atoms with Gasteiger partial charge in [0, 0.05) is 43.6 Å². The number of hydrogen-bond acceptors (Lipinski definition) is 0. The lowest BCUT2D eigenvalue weighted by atomic mass is 10.00. The molecule has 2 heterocycles. The Morgan fingerprint density at radius 3 is 1.18 bits per heavy atom. The van der Waals surface area contributed by atoms with Crippen LogP contribution in [0.3, 0.4) is 0 Å². The molecule has 8 rings (SSSR count). The predicted octanol–water partition coefficient (Wildman–Crippen LogP) is 8.95. The van der Waals surface area contributed by atoms with Crippen LogP contribution in [0.1, 0.15) is 0 Å². The molecule has 2 aromatic heterocycles. The zero-order valence-electron chi connectivity index (χ0n) is 18.5. The first-order chi connectivity index (χ1) is 16.9. The van der Waals surface area contributed by atoms with E-state index in [1.165, 1.54) is 65.2 Å². The number of nitrogens with one attached hydrogen (secondary N) is 2. The molecule has 0 fully saturated rings. The average molecular weight is 435 g/mol. The molecule has 0 aliphatic rings. The van der Waals surface area contributed by atoms with Crippen LogP contribution in [0.15, 0.2) is 121 Å². The van der Waals surface area contributed by atoms with E-state index in [-0.39, 0.29) is 0 Å². The minimum atomic E-state index is 1.21. The summed E-state index contributed by atoms with van der Waals surface area (Å²) in [5, 5.41) is 10.5. The highest BCUT2D eigenvalue weighted by Gasteiger charge is 2.10. The Morgan fingerprint density at radius 1 is 0.294 bits per heavy atom. The van der Waals surface area contributed by atoms with Crippen molar-refractivity contribution < 1.29 is 0 Å². The van der Waals surface area contributed by atoms with E-state index in [1.807, 2.05) is 0 Å². The number of benzene rings is 6. The summed E-state index contributed by atoms with van der Waals surface area (Å²) in [5.41, 5.74) is 4.84. The summed E-state index contributed by atoms with van der Waals surface area (Å²) < 4.78 is 0. The number of H-pyrrole nitrogens is 2. The molecular weight excluding hydrogens is 412 g/mol. The second-order valence-electron chi connectivity index (χ2n) is 8.76. The van der Waals surface area contributed by atoms with Crippen molar-refractivity contribution in [2.24, 2.45) is 0 Å². The smallest absolute Gasteiger partial charge is 0.0471 e. The summed E-state index contributed by atoms with van der Waals surface area (Å²) in [7, 11) is 0. The van der Waals surface area contributed by atoms with Gasteiger partial charge in [0.15, 0.2) is 0 Å². The van der Waals surface area contributed by atoms with Gasteiger partial charge in [-0.25, -0.2) is 0 Å². The van der Waals surface area contributed by atoms with Gasteiger partial charge in [-0.1, -0.05) is 97.1 Å². The molecule has 0 saturated heterocycles. The molecule has 160 valence electrons. The van der Waals surface area contributed by atoms with Crippen molar-refractivity contribution in [1.82, 2.24) is 9.97 Å². The van der Waals surface area contributed by atoms with Gasteiger partial charge in [0.2, 0.25) is 0 Å². The van der Waals surface area contributed by atoms with Gasteiger partial charge in [-0.2, -0.15) is 0 Å². The third-order valence-corrected chi connectivity index (χ3v) is 6.79. The summed E-state index contributed by atoms with van der Waals surface area (Å²) in [6, 6.07) is 42.7. The van der Waals surface area contributed by atoms with Crippen LogP contribution in [0.25, 0.3) is 65.2 Å². The molecule has 0 bridgehead atoms. The number of rotatable bonds is 0. The highest BCUT2D eigenvalue weighted by Crippen LogP contribution is 2.36. The van der Waals surface area contributed by atoms with Crippen LogP contribution in [-0.4, -0.2) is 9.97 Å². The van der Waals surface area contributed by atoms with E-state index in [4.69, 9.17) is 0 Å². The van der Waals surface area contributed by atoms with E-state index in [9.17, 15) is 0 Å². The molecule has 0 spiro atoms. The maximum absolute atomic E-state index is 3.56. The van der Waals surface area contributed by atoms with E-state index in [0.29, 0.717) is 0 Å². The molecule has 0 radical (unpaired) electrons. The van der Waals surface area contributed by atoms with Crippen LogP contribution in [0, 0.1) is 0 Å². The zero-order chi connectivity index (χ0) is 22.5. The van der Waals surface area contributed by atoms with Gasteiger partial charge in [-0.3, -0.25) is 0 Å². The first-order valence-electron chi connectivity index (χ1n) is 11.6. The van der Waals surface area contributed by atoms with Crippen LogP contribution in [0.5, 0.6) is 0 Å². The standard InChI is InChI=1S/C20H13N.C12H9N/c1-3-7-15-13(5-1)9-11-17-19(15)20-16-8-4-2-6-14(16)10-12-18(20)21-17;1-3-7-11-9(5-1)10-6-2-4-8-12(10)13-11/h1-12,21H;1-8,13H. The molecule has 0 atom stereocenters. The summed E-state index contributed by atoms with van der Waals surface area (Å²) >= 11 is 0. The highest BCUT2D eigenvalue weighted by molar-refractivity contribution is 6.27. The first-order valence-corrected chi connectivity index (χ1v) is 11.6. The molecule has 2 heteroatoms. The lowest BCUT2D eigenvalue weighted by molar-refractivity contribution is 1.55. The predicted molar refractivity (Wildman–Crippen MR) is 147 cm³/mol. The number of aromatic nitrogens is 2. The number of hydrogen-bond donors (Lipinski definition) is 2. The number of para-hydroxylation sites is 2. The van der Waals surface area contributed by atoms with E-state index < -0.39 is 0 Å². The molecule has 0 aliphatic carbocycles. The molecular formula is C32H22N2. The highest BCUT2D eigenvalue weighted by atomic mass is 14.7. The molecule has 0 saturated carbocycles. The summed E-state index contributed by atoms with van der Waals surface area (Å²) in [6.45, 7) is 0. The minimum absolute atomic E-state index is 1.21. The Balaban J connectivity index is 0.000000132. The number of aromatic amines is 2. The monoisotopic (exact) mass is 434 g/mol. The van der Waals surface area contributed by atoms with Gasteiger partial charge in [0.25, 0.3) is 0 Å². The molecule has 0 aliphatic heterocycles. The Morgan fingerprint density at radius 2 is 0.676 bits per heavy atom. The van der Waals surface area contributed by atoms with E-state index in [1.54, 1.807) is 0 Å². The first kappa shape index (κ1) is 19.0. The fraction of sp³-hybridized carbons (Fsp3) is 0. The summed E-state index contributed by atoms with van der Waals surface area (Å²) in [6.07, 6.45) is 0. The van der Waals surface area contributed by atoms with Crippen molar-refractivity contribution in [3.05, 3.63) is 121 Å². The van der Waals surface area contributed by atoms with E-state index in [0.717, 1.165) is 0 Å². The second-order valence-corrected chi connectivity index (χ2v) is 8.76. The quantitative estimate of drug-likeness (QED) is 0.239. The fourth-order valence-corrected chi connectivity index (χ4v) is 5.23. The lowest BCUT2D eigenvalue weighted by Crippen LogP contribution is -1.76. The Labute approximate surface area is 196 Å². The second kappa shape index (κ2) is 7.50. The van der Waals surface area contributed by atoms with Gasteiger partial charge in [0.05, 0.1) is 0 Å².